The summed E-state index contributed by atoms with van der Waals surface area (Å²) in [6.45, 7) is 6.88. The number of aliphatic hydroxyl groups excluding tert-OH is 2. The molecule has 0 aliphatic carbocycles. The van der Waals surface area contributed by atoms with E-state index >= 15 is 0 Å². The van der Waals surface area contributed by atoms with Gasteiger partial charge in [0.2, 0.25) is 0 Å². The van der Waals surface area contributed by atoms with E-state index in [4.69, 9.17) is 25.8 Å². The van der Waals surface area contributed by atoms with Crippen LogP contribution in [-0.2, 0) is 35.8 Å². The number of hydrogen-bond donors (Lipinski definition) is 9. The number of anilines is 3. The topological polar surface area (TPSA) is 322 Å². The number of thioether (sulfide) groups is 3. The number of tetrazole rings is 1. The number of ether oxygens (including phenoxy) is 3. The maximum absolute atomic E-state index is 13.2. The first-order valence-corrected chi connectivity index (χ1v) is 38.4. The Morgan fingerprint density at radius 2 is 0.702 bits per heavy atom. The molecule has 0 bridgehead atoms. The molecule has 0 aliphatic heterocycles. The van der Waals surface area contributed by atoms with Crippen molar-refractivity contribution >= 4 is 126 Å². The number of halogens is 3. The molecule has 12 aromatic carbocycles. The highest BCUT2D eigenvalue weighted by atomic mass is 35.5. The molecule has 1 aromatic heterocycles. The van der Waals surface area contributed by atoms with Crippen LogP contribution >= 0.6 is 46.9 Å². The fourth-order valence-corrected chi connectivity index (χ4v) is 15.6. The molecule has 13 rings (SSSR count). The molecule has 0 saturated carbocycles. The van der Waals surface area contributed by atoms with E-state index in [-0.39, 0.29) is 72.3 Å². The lowest BCUT2D eigenvalue weighted by Crippen LogP contribution is -2.13. The number of aromatic nitrogens is 4. The molecule has 0 amide bonds. The highest BCUT2D eigenvalue weighted by Gasteiger charge is 2.24. The quantitative estimate of drug-likeness (QED) is 0.0154. The molecule has 9 N–H and O–H groups in total. The molecule has 0 atom stereocenters. The van der Waals surface area contributed by atoms with Gasteiger partial charge in [0.15, 0.2) is 5.82 Å². The summed E-state index contributed by atoms with van der Waals surface area (Å²) in [5, 5.41) is 68.2. The van der Waals surface area contributed by atoms with Gasteiger partial charge < -0.3 is 39.7 Å². The molecular formula is C74H58ClF2N7O14S6. The van der Waals surface area contributed by atoms with Crippen LogP contribution in [0.3, 0.4) is 0 Å². The van der Waals surface area contributed by atoms with Crippen molar-refractivity contribution in [3.63, 3.8) is 0 Å². The van der Waals surface area contributed by atoms with Crippen molar-refractivity contribution in [3.05, 3.63) is 284 Å². The second kappa shape index (κ2) is 32.9. The Morgan fingerprint density at radius 3 is 0.990 bits per heavy atom. The Bertz CT molecular complexity index is 5410. The smallest absolute Gasteiger partial charge is 0.261 e. The maximum Gasteiger partial charge on any atom is 0.261 e. The van der Waals surface area contributed by atoms with Crippen LogP contribution in [-0.4, -0.2) is 82.9 Å². The lowest BCUT2D eigenvalue weighted by molar-refractivity contribution is 0.419. The summed E-state index contributed by atoms with van der Waals surface area (Å²) in [6.07, 6.45) is 0. The minimum atomic E-state index is -3.97. The highest BCUT2D eigenvalue weighted by Crippen LogP contribution is 2.45. The Morgan fingerprint density at radius 1 is 0.423 bits per heavy atom. The maximum atomic E-state index is 13.2. The third-order valence-electron chi connectivity index (χ3n) is 14.8. The summed E-state index contributed by atoms with van der Waals surface area (Å²) in [5.74, 6) is 2.89. The third-order valence-corrected chi connectivity index (χ3v) is 22.4. The number of phenols is 3. The van der Waals surface area contributed by atoms with Crippen LogP contribution in [0.2, 0.25) is 5.02 Å². The molecule has 1 heterocycles. The van der Waals surface area contributed by atoms with Crippen molar-refractivity contribution < 1.29 is 73.8 Å². The number of hydrogen-bond acceptors (Lipinski definition) is 20. The van der Waals surface area contributed by atoms with Gasteiger partial charge in [-0.1, -0.05) is 103 Å². The van der Waals surface area contributed by atoms with E-state index in [1.165, 1.54) is 127 Å². The van der Waals surface area contributed by atoms with Gasteiger partial charge in [0.25, 0.3) is 30.1 Å². The molecule has 530 valence electrons. The SMILES string of the molecule is C=C(O)CSc1cc(NS(=O)(=O)c2ccc(Oc3ccc(Cl)cc3)cc2)c2ccccc2c1O.C=C(O)CSc1cc(NS(=O)(=O)c2ccc(Oc3ccc(F)cc3)cc2)c2ccccc2c1O.O=S(=O)(Nc1cc(SCc2nn[nH]n2)c(O)c2ccccc12)c1ccc(Oc2ccc(F)cc2)cc1. The largest absolute Gasteiger partial charge is 0.512 e. The van der Waals surface area contributed by atoms with E-state index in [2.05, 4.69) is 47.9 Å². The minimum absolute atomic E-state index is 0.00732. The number of nitrogens with one attached hydrogen (secondary N) is 4. The number of aliphatic hydroxyl groups is 2. The average Bonchev–Trinajstić information content (AvgIpc) is 0.842. The number of aromatic hydroxyl groups is 3. The summed E-state index contributed by atoms with van der Waals surface area (Å²) < 4.78 is 130. The van der Waals surface area contributed by atoms with Crippen LogP contribution in [0.1, 0.15) is 5.82 Å². The van der Waals surface area contributed by atoms with Gasteiger partial charge in [-0.05, 0) is 164 Å². The zero-order valence-corrected chi connectivity index (χ0v) is 59.5. The van der Waals surface area contributed by atoms with Gasteiger partial charge >= 0.3 is 0 Å². The lowest BCUT2D eigenvalue weighted by Gasteiger charge is -2.15. The van der Waals surface area contributed by atoms with E-state index in [9.17, 15) is 59.6 Å². The summed E-state index contributed by atoms with van der Waals surface area (Å²) in [4.78, 5) is 1.35. The number of fused-ring (bicyclic) bond motifs is 3. The van der Waals surface area contributed by atoms with Gasteiger partial charge in [-0.25, -0.2) is 34.0 Å². The minimum Gasteiger partial charge on any atom is -0.512 e. The van der Waals surface area contributed by atoms with Crippen molar-refractivity contribution in [2.45, 2.75) is 35.1 Å². The number of benzene rings is 12. The second-order valence-electron chi connectivity index (χ2n) is 22.2. The molecule has 0 unspecified atom stereocenters. The van der Waals surface area contributed by atoms with Gasteiger partial charge in [-0.2, -0.15) is 5.21 Å². The Balaban J connectivity index is 0.000000156. The first-order valence-electron chi connectivity index (χ1n) is 30.6. The molecule has 0 aliphatic rings. The number of phenolic OH excluding ortho intramolecular Hbond substituents is 3. The van der Waals surface area contributed by atoms with Crippen molar-refractivity contribution in [3.8, 4) is 51.7 Å². The van der Waals surface area contributed by atoms with E-state index < -0.39 is 30.1 Å². The number of nitrogens with zero attached hydrogens (tertiary/aromatic N) is 3. The fraction of sp³-hybridized carbons (Fsp3) is 0.0405. The van der Waals surface area contributed by atoms with Crippen molar-refractivity contribution in [1.29, 1.82) is 0 Å². The zero-order valence-electron chi connectivity index (χ0n) is 53.9. The van der Waals surface area contributed by atoms with E-state index in [1.807, 2.05) is 0 Å². The van der Waals surface area contributed by atoms with Gasteiger partial charge in [0.1, 0.15) is 63.4 Å². The van der Waals surface area contributed by atoms with Crippen LogP contribution < -0.4 is 28.4 Å². The first kappa shape index (κ1) is 74.0. The van der Waals surface area contributed by atoms with Gasteiger partial charge in [0, 0.05) is 37.3 Å². The standard InChI is InChI=1S/C25H20ClNO5S2.C25H20FNO5S2.C24H18FN5O4S2/c2*1-16(28)15-33-24-14-23(21-4-2-3-5-22(21)25(24)29)27-34(30,31)20-12-10-19(11-13-20)32-18-8-6-17(26)7-9-18;25-15-5-7-16(8-6-15)34-17-9-11-18(12-10-17)36(32,33)28-21-13-22(35-14-23-26-29-30-27-23)24(31)20-4-2-1-3-19(20)21/h2*2-14,27-29H,1,15H2;1-13,28,31H,14H2,(H,26,27,29,30). The zero-order chi connectivity index (χ0) is 73.7. The molecule has 13 aromatic rings. The van der Waals surface area contributed by atoms with Gasteiger partial charge in [-0.15, -0.1) is 45.5 Å². The second-order valence-corrected chi connectivity index (χ2v) is 30.7. The summed E-state index contributed by atoms with van der Waals surface area (Å²) in [6, 6.07) is 60.8. The normalized spacial score (nSPS) is 11.4. The molecule has 30 heteroatoms. The van der Waals surface area contributed by atoms with Crippen LogP contribution in [0.5, 0.6) is 51.7 Å². The molecule has 0 radical (unpaired) electrons. The van der Waals surface area contributed by atoms with Crippen LogP contribution in [0.25, 0.3) is 32.3 Å². The Hall–Kier alpha value is -11.2. The number of H-pyrrole nitrogens is 1. The number of rotatable bonds is 24. The Labute approximate surface area is 612 Å². The number of aromatic amines is 1. The predicted octanol–water partition coefficient (Wildman–Crippen LogP) is 18.5. The van der Waals surface area contributed by atoms with Crippen molar-refractivity contribution in [1.82, 2.24) is 20.6 Å². The molecule has 21 nitrogen and oxygen atoms in total. The number of sulfonamides is 3. The summed E-state index contributed by atoms with van der Waals surface area (Å²) in [7, 11) is -11.9. The van der Waals surface area contributed by atoms with Crippen LogP contribution in [0, 0.1) is 11.6 Å². The fourth-order valence-electron chi connectivity index (χ4n) is 9.88. The molecule has 0 spiro atoms. The van der Waals surface area contributed by atoms with Crippen LogP contribution in [0.15, 0.2) is 291 Å². The summed E-state index contributed by atoms with van der Waals surface area (Å²) in [5.41, 5.74) is 0.901. The average molecular weight is 1540 g/mol. The molecular weight excluding hydrogens is 1480 g/mol. The first-order chi connectivity index (χ1) is 49.8. The van der Waals surface area contributed by atoms with Crippen molar-refractivity contribution in [2.24, 2.45) is 0 Å². The third kappa shape index (κ3) is 18.9. The van der Waals surface area contributed by atoms with E-state index in [0.717, 1.165) is 23.5 Å². The monoisotopic (exact) mass is 1530 g/mol. The van der Waals surface area contributed by atoms with Crippen molar-refractivity contribution in [2.75, 3.05) is 25.7 Å². The molecule has 0 saturated heterocycles. The summed E-state index contributed by atoms with van der Waals surface area (Å²) >= 11 is 9.41. The Kier molecular flexibility index (Phi) is 23.4. The molecule has 0 fully saturated rings. The van der Waals surface area contributed by atoms with Gasteiger partial charge in [0.05, 0.1) is 75.2 Å². The van der Waals surface area contributed by atoms with Gasteiger partial charge in [-0.3, -0.25) is 14.2 Å². The van der Waals surface area contributed by atoms with E-state index in [1.54, 1.807) is 121 Å². The lowest BCUT2D eigenvalue weighted by atomic mass is 10.1. The molecule has 104 heavy (non-hydrogen) atoms. The van der Waals surface area contributed by atoms with E-state index in [0.29, 0.717) is 109 Å². The van der Waals surface area contributed by atoms with Crippen LogP contribution in [0.4, 0.5) is 25.8 Å². The highest BCUT2D eigenvalue weighted by molar-refractivity contribution is 8.00. The predicted molar refractivity (Wildman–Crippen MR) is 402 cm³/mol.